The molecule has 0 saturated heterocycles. The van der Waals surface area contributed by atoms with Crippen molar-refractivity contribution in [1.82, 2.24) is 0 Å². The van der Waals surface area contributed by atoms with Crippen LogP contribution in [0.1, 0.15) is 18.1 Å². The number of benzene rings is 2. The highest BCUT2D eigenvalue weighted by atomic mass is 35.5. The first kappa shape index (κ1) is 14.7. The summed E-state index contributed by atoms with van der Waals surface area (Å²) in [5.74, 6) is 1.41. The number of ether oxygens (including phenoxy) is 2. The second-order valence-corrected chi connectivity index (χ2v) is 5.25. The first-order valence-electron chi connectivity index (χ1n) is 6.26. The van der Waals surface area contributed by atoms with Crippen LogP contribution in [0.5, 0.6) is 11.5 Å². The highest BCUT2D eigenvalue weighted by Crippen LogP contribution is 2.33. The molecule has 3 nitrogen and oxygen atoms in total. The number of nitrogens with two attached hydrogens (primary N) is 1. The SMILES string of the molecule is COc1cc(OC)cc(C(C)(N)c2cccc(Cl)c2)c1. The molecule has 20 heavy (non-hydrogen) atoms. The Morgan fingerprint density at radius 2 is 1.55 bits per heavy atom. The van der Waals surface area contributed by atoms with E-state index in [2.05, 4.69) is 0 Å². The fourth-order valence-corrected chi connectivity index (χ4v) is 2.28. The third-order valence-electron chi connectivity index (χ3n) is 3.38. The summed E-state index contributed by atoms with van der Waals surface area (Å²) in [5, 5.41) is 0.661. The third kappa shape index (κ3) is 2.89. The van der Waals surface area contributed by atoms with Crippen molar-refractivity contribution in [2.24, 2.45) is 5.73 Å². The Morgan fingerprint density at radius 1 is 0.950 bits per heavy atom. The van der Waals surface area contributed by atoms with Crippen molar-refractivity contribution in [3.8, 4) is 11.5 Å². The van der Waals surface area contributed by atoms with E-state index in [9.17, 15) is 0 Å². The lowest BCUT2D eigenvalue weighted by Crippen LogP contribution is -2.34. The lowest BCUT2D eigenvalue weighted by molar-refractivity contribution is 0.391. The van der Waals surface area contributed by atoms with Gasteiger partial charge in [-0.25, -0.2) is 0 Å². The van der Waals surface area contributed by atoms with Crippen molar-refractivity contribution < 1.29 is 9.47 Å². The molecule has 1 unspecified atom stereocenters. The van der Waals surface area contributed by atoms with Crippen LogP contribution < -0.4 is 15.2 Å². The van der Waals surface area contributed by atoms with Gasteiger partial charge in [-0.05, 0) is 42.3 Å². The van der Waals surface area contributed by atoms with Crippen LogP contribution in [0.4, 0.5) is 0 Å². The van der Waals surface area contributed by atoms with Crippen molar-refractivity contribution in [2.75, 3.05) is 14.2 Å². The van der Waals surface area contributed by atoms with Crippen LogP contribution in [-0.2, 0) is 5.54 Å². The van der Waals surface area contributed by atoms with Gasteiger partial charge >= 0.3 is 0 Å². The lowest BCUT2D eigenvalue weighted by atomic mass is 9.85. The maximum atomic E-state index is 6.51. The summed E-state index contributed by atoms with van der Waals surface area (Å²) < 4.78 is 10.6. The average molecular weight is 292 g/mol. The Balaban J connectivity index is 2.53. The van der Waals surface area contributed by atoms with E-state index in [0.717, 1.165) is 11.1 Å². The Morgan fingerprint density at radius 3 is 2.05 bits per heavy atom. The van der Waals surface area contributed by atoms with E-state index in [1.54, 1.807) is 14.2 Å². The summed E-state index contributed by atoms with van der Waals surface area (Å²) in [4.78, 5) is 0. The highest BCUT2D eigenvalue weighted by Gasteiger charge is 2.25. The zero-order chi connectivity index (χ0) is 14.8. The van der Waals surface area contributed by atoms with Crippen molar-refractivity contribution in [1.29, 1.82) is 0 Å². The molecule has 0 aliphatic heterocycles. The van der Waals surface area contributed by atoms with E-state index in [-0.39, 0.29) is 0 Å². The van der Waals surface area contributed by atoms with Crippen LogP contribution in [-0.4, -0.2) is 14.2 Å². The molecule has 2 aromatic carbocycles. The van der Waals surface area contributed by atoms with Gasteiger partial charge in [-0.15, -0.1) is 0 Å². The minimum atomic E-state index is -0.688. The predicted octanol–water partition coefficient (Wildman–Crippen LogP) is 3.58. The monoisotopic (exact) mass is 291 g/mol. The molecule has 0 aromatic heterocycles. The molecule has 0 saturated carbocycles. The van der Waals surface area contributed by atoms with Gasteiger partial charge < -0.3 is 15.2 Å². The summed E-state index contributed by atoms with van der Waals surface area (Å²) in [6, 6.07) is 13.2. The van der Waals surface area contributed by atoms with Crippen LogP contribution in [0.3, 0.4) is 0 Å². The summed E-state index contributed by atoms with van der Waals surface area (Å²) in [5.41, 5.74) is 7.65. The number of hydrogen-bond donors (Lipinski definition) is 1. The molecule has 0 spiro atoms. The van der Waals surface area contributed by atoms with Crippen LogP contribution in [0.2, 0.25) is 5.02 Å². The van der Waals surface area contributed by atoms with E-state index in [1.165, 1.54) is 0 Å². The van der Waals surface area contributed by atoms with Gasteiger partial charge in [0.05, 0.1) is 19.8 Å². The molecule has 0 amide bonds. The number of hydrogen-bond acceptors (Lipinski definition) is 3. The Labute approximate surface area is 124 Å². The zero-order valence-electron chi connectivity index (χ0n) is 11.8. The van der Waals surface area contributed by atoms with Crippen LogP contribution in [0.25, 0.3) is 0 Å². The van der Waals surface area contributed by atoms with Crippen LogP contribution >= 0.6 is 11.6 Å². The maximum absolute atomic E-state index is 6.51. The van der Waals surface area contributed by atoms with Gasteiger partial charge in [-0.2, -0.15) is 0 Å². The third-order valence-corrected chi connectivity index (χ3v) is 3.61. The fourth-order valence-electron chi connectivity index (χ4n) is 2.09. The Kier molecular flexibility index (Phi) is 4.21. The molecule has 0 radical (unpaired) electrons. The average Bonchev–Trinajstić information content (AvgIpc) is 2.46. The van der Waals surface area contributed by atoms with E-state index < -0.39 is 5.54 Å². The van der Waals surface area contributed by atoms with E-state index in [1.807, 2.05) is 49.4 Å². The molecule has 0 aliphatic rings. The predicted molar refractivity (Wildman–Crippen MR) is 81.6 cm³/mol. The maximum Gasteiger partial charge on any atom is 0.122 e. The number of methoxy groups -OCH3 is 2. The lowest BCUT2D eigenvalue weighted by Gasteiger charge is -2.27. The molecule has 2 aromatic rings. The molecule has 0 bridgehead atoms. The van der Waals surface area contributed by atoms with Gasteiger partial charge in [0, 0.05) is 11.1 Å². The van der Waals surface area contributed by atoms with E-state index in [4.69, 9.17) is 26.8 Å². The van der Waals surface area contributed by atoms with Crippen molar-refractivity contribution in [3.63, 3.8) is 0 Å². The minimum absolute atomic E-state index is 0.661. The molecule has 0 heterocycles. The molecule has 2 rings (SSSR count). The first-order valence-corrected chi connectivity index (χ1v) is 6.63. The summed E-state index contributed by atoms with van der Waals surface area (Å²) in [6.07, 6.45) is 0. The van der Waals surface area contributed by atoms with Gasteiger partial charge in [-0.3, -0.25) is 0 Å². The van der Waals surface area contributed by atoms with Gasteiger partial charge in [0.25, 0.3) is 0 Å². The topological polar surface area (TPSA) is 44.5 Å². The normalized spacial score (nSPS) is 13.7. The van der Waals surface area contributed by atoms with E-state index in [0.29, 0.717) is 16.5 Å². The molecule has 2 N–H and O–H groups in total. The quantitative estimate of drug-likeness (QED) is 0.936. The number of rotatable bonds is 4. The van der Waals surface area contributed by atoms with Gasteiger partial charge in [0.2, 0.25) is 0 Å². The summed E-state index contributed by atoms with van der Waals surface area (Å²) in [6.45, 7) is 1.94. The first-order chi connectivity index (χ1) is 9.47. The van der Waals surface area contributed by atoms with Crippen molar-refractivity contribution in [3.05, 3.63) is 58.6 Å². The molecular formula is C16H18ClNO2. The van der Waals surface area contributed by atoms with Gasteiger partial charge in [0.15, 0.2) is 0 Å². The Bertz CT molecular complexity index is 589. The van der Waals surface area contributed by atoms with Crippen LogP contribution in [0, 0.1) is 0 Å². The molecule has 0 fully saturated rings. The summed E-state index contributed by atoms with van der Waals surface area (Å²) >= 11 is 6.05. The standard InChI is InChI=1S/C16H18ClNO2/c1-16(18,11-5-4-6-13(17)7-11)12-8-14(19-2)10-15(9-12)20-3/h4-10H,18H2,1-3H3. The second kappa shape index (κ2) is 5.73. The smallest absolute Gasteiger partial charge is 0.122 e. The zero-order valence-corrected chi connectivity index (χ0v) is 12.6. The molecule has 0 aliphatic carbocycles. The second-order valence-electron chi connectivity index (χ2n) is 4.81. The largest absolute Gasteiger partial charge is 0.497 e. The van der Waals surface area contributed by atoms with Crippen molar-refractivity contribution >= 4 is 11.6 Å². The van der Waals surface area contributed by atoms with Gasteiger partial charge in [0.1, 0.15) is 11.5 Å². The molecule has 106 valence electrons. The van der Waals surface area contributed by atoms with Crippen molar-refractivity contribution in [2.45, 2.75) is 12.5 Å². The number of halogens is 1. The van der Waals surface area contributed by atoms with Crippen LogP contribution in [0.15, 0.2) is 42.5 Å². The Hall–Kier alpha value is -1.71. The molecular weight excluding hydrogens is 274 g/mol. The minimum Gasteiger partial charge on any atom is -0.497 e. The fraction of sp³-hybridized carbons (Fsp3) is 0.250. The molecule has 4 heteroatoms. The highest BCUT2D eigenvalue weighted by molar-refractivity contribution is 6.30. The van der Waals surface area contributed by atoms with E-state index >= 15 is 0 Å². The van der Waals surface area contributed by atoms with Gasteiger partial charge in [-0.1, -0.05) is 23.7 Å². The summed E-state index contributed by atoms with van der Waals surface area (Å²) in [7, 11) is 3.23. The molecule has 1 atom stereocenters.